The molecule has 2 aliphatic rings. The Morgan fingerprint density at radius 3 is 2.74 bits per heavy atom. The molecule has 10 heteroatoms. The van der Waals surface area contributed by atoms with Crippen LogP contribution in [0.25, 0.3) is 0 Å². The van der Waals surface area contributed by atoms with E-state index < -0.39 is 0 Å². The van der Waals surface area contributed by atoms with Crippen molar-refractivity contribution in [2.45, 2.75) is 38.1 Å². The second-order valence-corrected chi connectivity index (χ2v) is 10.3. The van der Waals surface area contributed by atoms with Gasteiger partial charge in [-0.2, -0.15) is 5.10 Å². The molecule has 1 saturated heterocycles. The van der Waals surface area contributed by atoms with Crippen molar-refractivity contribution in [3.63, 3.8) is 0 Å². The maximum Gasteiger partial charge on any atom is 0.274 e. The summed E-state index contributed by atoms with van der Waals surface area (Å²) in [6.07, 6.45) is 5.05. The average molecular weight is 531 g/mol. The number of nitrogens with one attached hydrogen (secondary N) is 1. The van der Waals surface area contributed by atoms with Gasteiger partial charge in [0.25, 0.3) is 5.91 Å². The smallest absolute Gasteiger partial charge is 0.274 e. The van der Waals surface area contributed by atoms with Crippen LogP contribution in [0.5, 0.6) is 5.75 Å². The second-order valence-electron chi connectivity index (χ2n) is 10.3. The molecule has 0 spiro atoms. The van der Waals surface area contributed by atoms with Gasteiger partial charge in [0.2, 0.25) is 11.8 Å². The first kappa shape index (κ1) is 26.4. The highest BCUT2D eigenvalue weighted by Crippen LogP contribution is 2.31. The van der Waals surface area contributed by atoms with Crippen molar-refractivity contribution in [2.24, 2.45) is 7.05 Å². The Labute approximate surface area is 228 Å². The molecule has 3 aromatic rings. The lowest BCUT2D eigenvalue weighted by Gasteiger charge is -2.25. The quantitative estimate of drug-likeness (QED) is 0.556. The first-order valence-electron chi connectivity index (χ1n) is 13.4. The van der Waals surface area contributed by atoms with Gasteiger partial charge >= 0.3 is 0 Å². The van der Waals surface area contributed by atoms with Gasteiger partial charge in [-0.1, -0.05) is 18.2 Å². The van der Waals surface area contributed by atoms with Crippen molar-refractivity contribution in [3.05, 3.63) is 77.4 Å². The standard InChI is InChI=1S/C29H34N6O4/c1-20-13-25(32-33(20)2)29(38)34-11-3-4-12-39-23-9-5-8-22(15-23)24-17-35(18-26(24)31-27(36)19-34)28(37)14-21-7-6-10-30-16-21/h5-10,13,15-16,24,26H,3-4,11-12,14,17-19H2,1-2H3,(H,31,36)/t24-,26+/m1/s1. The van der Waals surface area contributed by atoms with E-state index >= 15 is 0 Å². The van der Waals surface area contributed by atoms with Crippen molar-refractivity contribution >= 4 is 17.7 Å². The van der Waals surface area contributed by atoms with Crippen LogP contribution >= 0.6 is 0 Å². The summed E-state index contributed by atoms with van der Waals surface area (Å²) >= 11 is 0. The summed E-state index contributed by atoms with van der Waals surface area (Å²) in [4.78, 5) is 47.3. The summed E-state index contributed by atoms with van der Waals surface area (Å²) in [5.74, 6) is 0.102. The average Bonchev–Trinajstić information content (AvgIpc) is 3.50. The maximum atomic E-state index is 13.3. The summed E-state index contributed by atoms with van der Waals surface area (Å²) in [6.45, 7) is 3.58. The minimum absolute atomic E-state index is 0.0163. The molecule has 204 valence electrons. The van der Waals surface area contributed by atoms with Gasteiger partial charge in [-0.25, -0.2) is 0 Å². The number of aryl methyl sites for hydroxylation is 2. The van der Waals surface area contributed by atoms with Crippen molar-refractivity contribution in [1.29, 1.82) is 0 Å². The fraction of sp³-hybridized carbons (Fsp3) is 0.414. The highest BCUT2D eigenvalue weighted by Gasteiger charge is 2.37. The van der Waals surface area contributed by atoms with E-state index in [1.807, 2.05) is 43.3 Å². The topological polar surface area (TPSA) is 110 Å². The first-order chi connectivity index (χ1) is 18.9. The molecule has 2 aliphatic heterocycles. The third kappa shape index (κ3) is 6.27. The zero-order chi connectivity index (χ0) is 27.4. The number of carbonyl (C=O) groups excluding carboxylic acids is 3. The molecule has 1 fully saturated rings. The lowest BCUT2D eigenvalue weighted by atomic mass is 9.94. The Bertz CT molecular complexity index is 1320. The second kappa shape index (κ2) is 11.7. The summed E-state index contributed by atoms with van der Waals surface area (Å²) in [5.41, 5.74) is 3.04. The summed E-state index contributed by atoms with van der Waals surface area (Å²) in [6, 6.07) is 13.0. The third-order valence-electron chi connectivity index (χ3n) is 7.43. The minimum Gasteiger partial charge on any atom is -0.494 e. The molecule has 39 heavy (non-hydrogen) atoms. The van der Waals surface area contributed by atoms with Crippen LogP contribution in [0.2, 0.25) is 0 Å². The molecule has 4 heterocycles. The lowest BCUT2D eigenvalue weighted by molar-refractivity contribution is -0.130. The fourth-order valence-electron chi connectivity index (χ4n) is 5.22. The van der Waals surface area contributed by atoms with Gasteiger partial charge in [-0.05, 0) is 55.2 Å². The molecular weight excluding hydrogens is 496 g/mol. The summed E-state index contributed by atoms with van der Waals surface area (Å²) in [7, 11) is 1.79. The van der Waals surface area contributed by atoms with E-state index in [1.165, 1.54) is 0 Å². The maximum absolute atomic E-state index is 13.3. The van der Waals surface area contributed by atoms with E-state index in [2.05, 4.69) is 15.4 Å². The SMILES string of the molecule is Cc1cc(C(=O)N2CCCCOc3cccc(c3)[C@H]3CN(C(=O)Cc4cccnc4)C[C@@H]3NC(=O)C2)nn1C. The predicted molar refractivity (Wildman–Crippen MR) is 144 cm³/mol. The highest BCUT2D eigenvalue weighted by molar-refractivity contribution is 5.95. The largest absolute Gasteiger partial charge is 0.494 e. The zero-order valence-corrected chi connectivity index (χ0v) is 22.4. The summed E-state index contributed by atoms with van der Waals surface area (Å²) < 4.78 is 7.67. The van der Waals surface area contributed by atoms with Crippen LogP contribution in [0.15, 0.2) is 54.9 Å². The first-order valence-corrected chi connectivity index (χ1v) is 13.4. The van der Waals surface area contributed by atoms with Crippen molar-refractivity contribution in [3.8, 4) is 5.75 Å². The van der Waals surface area contributed by atoms with Crippen LogP contribution < -0.4 is 10.1 Å². The molecule has 2 bridgehead atoms. The third-order valence-corrected chi connectivity index (χ3v) is 7.43. The Balaban J connectivity index is 1.37. The molecule has 0 aliphatic carbocycles. The van der Waals surface area contributed by atoms with Gasteiger partial charge in [-0.3, -0.25) is 24.0 Å². The van der Waals surface area contributed by atoms with Crippen molar-refractivity contribution in [2.75, 3.05) is 32.8 Å². The van der Waals surface area contributed by atoms with Gasteiger partial charge in [0.15, 0.2) is 5.69 Å². The molecule has 0 saturated carbocycles. The number of benzene rings is 1. The van der Waals surface area contributed by atoms with Crippen LogP contribution in [-0.2, 0) is 23.1 Å². The molecule has 1 N–H and O–H groups in total. The van der Waals surface area contributed by atoms with E-state index in [0.29, 0.717) is 38.4 Å². The number of fused-ring (bicyclic) bond motifs is 4. The van der Waals surface area contributed by atoms with Crippen molar-refractivity contribution < 1.29 is 19.1 Å². The number of pyridine rings is 1. The minimum atomic E-state index is -0.303. The number of ether oxygens (including phenoxy) is 1. The molecule has 5 rings (SSSR count). The van der Waals surface area contributed by atoms with E-state index in [0.717, 1.165) is 29.0 Å². The molecule has 1 aromatic carbocycles. The molecule has 3 amide bonds. The van der Waals surface area contributed by atoms with Crippen LogP contribution in [-0.4, -0.2) is 81.1 Å². The number of aromatic nitrogens is 3. The van der Waals surface area contributed by atoms with Crippen LogP contribution in [0.3, 0.4) is 0 Å². The zero-order valence-electron chi connectivity index (χ0n) is 22.4. The fourth-order valence-corrected chi connectivity index (χ4v) is 5.22. The van der Waals surface area contributed by atoms with E-state index in [1.54, 1.807) is 40.0 Å². The molecule has 2 atom stereocenters. The molecule has 10 nitrogen and oxygen atoms in total. The summed E-state index contributed by atoms with van der Waals surface area (Å²) in [5, 5.41) is 7.46. The van der Waals surface area contributed by atoms with Gasteiger partial charge in [-0.15, -0.1) is 0 Å². The number of likely N-dealkylation sites (tertiary alicyclic amines) is 1. The van der Waals surface area contributed by atoms with Gasteiger partial charge in [0.05, 0.1) is 25.6 Å². The molecular formula is C29H34N6O4. The Hall–Kier alpha value is -4.21. The normalized spacial score (nSPS) is 20.0. The highest BCUT2D eigenvalue weighted by atomic mass is 16.5. The predicted octanol–water partition coefficient (Wildman–Crippen LogP) is 2.09. The lowest BCUT2D eigenvalue weighted by Crippen LogP contribution is -2.47. The molecule has 0 unspecified atom stereocenters. The van der Waals surface area contributed by atoms with Crippen LogP contribution in [0.4, 0.5) is 0 Å². The van der Waals surface area contributed by atoms with E-state index in [4.69, 9.17) is 4.74 Å². The van der Waals surface area contributed by atoms with Gasteiger partial charge in [0.1, 0.15) is 5.75 Å². The van der Waals surface area contributed by atoms with E-state index in [9.17, 15) is 14.4 Å². The van der Waals surface area contributed by atoms with Crippen LogP contribution in [0.1, 0.15) is 46.1 Å². The Morgan fingerprint density at radius 2 is 1.97 bits per heavy atom. The number of amides is 3. The Morgan fingerprint density at radius 1 is 1.10 bits per heavy atom. The van der Waals surface area contributed by atoms with Crippen molar-refractivity contribution in [1.82, 2.24) is 29.9 Å². The molecule has 0 radical (unpaired) electrons. The number of carbonyl (C=O) groups is 3. The number of hydrogen-bond acceptors (Lipinski definition) is 6. The number of hydrogen-bond donors (Lipinski definition) is 1. The molecule has 2 aromatic heterocycles. The monoisotopic (exact) mass is 530 g/mol. The van der Waals surface area contributed by atoms with E-state index in [-0.39, 0.29) is 42.6 Å². The Kier molecular flexibility index (Phi) is 7.90. The number of rotatable bonds is 3. The van der Waals surface area contributed by atoms with Gasteiger partial charge in [0, 0.05) is 50.7 Å². The number of nitrogens with zero attached hydrogens (tertiary/aromatic N) is 5. The van der Waals surface area contributed by atoms with Gasteiger partial charge < -0.3 is 19.9 Å². The van der Waals surface area contributed by atoms with Crippen LogP contribution in [0, 0.1) is 6.92 Å².